The van der Waals surface area contributed by atoms with Gasteiger partial charge >= 0.3 is 6.18 Å². The summed E-state index contributed by atoms with van der Waals surface area (Å²) in [6, 6.07) is 0.262. The van der Waals surface area contributed by atoms with E-state index in [4.69, 9.17) is 0 Å². The summed E-state index contributed by atoms with van der Waals surface area (Å²) in [6.07, 6.45) is -1.17. The SMILES string of the molecule is CN(C)Cc1cn(C2CCNCC2)c(CCC(F)(F)F)n1. The minimum absolute atomic E-state index is 0.0408. The molecular weight excluding hydrogens is 281 g/mol. The summed E-state index contributed by atoms with van der Waals surface area (Å²) >= 11 is 0. The quantitative estimate of drug-likeness (QED) is 0.906. The van der Waals surface area contributed by atoms with E-state index in [1.807, 2.05) is 29.8 Å². The second kappa shape index (κ2) is 6.79. The van der Waals surface area contributed by atoms with E-state index in [2.05, 4.69) is 10.3 Å². The summed E-state index contributed by atoms with van der Waals surface area (Å²) in [4.78, 5) is 6.40. The highest BCUT2D eigenvalue weighted by Gasteiger charge is 2.28. The van der Waals surface area contributed by atoms with Crippen LogP contribution < -0.4 is 5.32 Å². The number of alkyl halides is 3. The number of nitrogens with one attached hydrogen (secondary N) is 1. The van der Waals surface area contributed by atoms with E-state index in [0.717, 1.165) is 31.6 Å². The molecule has 1 aromatic heterocycles. The second-order valence-electron chi connectivity index (χ2n) is 5.89. The fraction of sp³-hybridized carbons (Fsp3) is 0.786. The first-order valence-corrected chi connectivity index (χ1v) is 7.34. The number of aryl methyl sites for hydroxylation is 1. The van der Waals surface area contributed by atoms with E-state index in [1.54, 1.807) is 0 Å². The van der Waals surface area contributed by atoms with Gasteiger partial charge in [-0.3, -0.25) is 0 Å². The molecule has 2 heterocycles. The minimum Gasteiger partial charge on any atom is -0.331 e. The van der Waals surface area contributed by atoms with Crippen LogP contribution in [0.25, 0.3) is 0 Å². The Morgan fingerprint density at radius 3 is 2.57 bits per heavy atom. The van der Waals surface area contributed by atoms with Crippen molar-refractivity contribution in [1.29, 1.82) is 0 Å². The molecule has 1 N–H and O–H groups in total. The topological polar surface area (TPSA) is 33.1 Å². The van der Waals surface area contributed by atoms with Crippen LogP contribution in [0, 0.1) is 0 Å². The van der Waals surface area contributed by atoms with Crippen LogP contribution in [0.1, 0.15) is 36.8 Å². The lowest BCUT2D eigenvalue weighted by Gasteiger charge is -2.25. The zero-order valence-corrected chi connectivity index (χ0v) is 12.6. The third kappa shape index (κ3) is 5.00. The molecule has 1 aliphatic rings. The van der Waals surface area contributed by atoms with Crippen LogP contribution in [-0.2, 0) is 13.0 Å². The maximum absolute atomic E-state index is 12.5. The van der Waals surface area contributed by atoms with Gasteiger partial charge in [0, 0.05) is 25.2 Å². The van der Waals surface area contributed by atoms with E-state index in [9.17, 15) is 13.2 Å². The molecule has 0 bridgehead atoms. The van der Waals surface area contributed by atoms with Gasteiger partial charge in [-0.25, -0.2) is 4.98 Å². The Labute approximate surface area is 123 Å². The van der Waals surface area contributed by atoms with Crippen molar-refractivity contribution >= 4 is 0 Å². The molecule has 1 fully saturated rings. The van der Waals surface area contributed by atoms with Crippen molar-refractivity contribution in [2.75, 3.05) is 27.2 Å². The number of aromatic nitrogens is 2. The molecule has 0 spiro atoms. The number of halogens is 3. The van der Waals surface area contributed by atoms with Crippen LogP contribution >= 0.6 is 0 Å². The number of hydrogen-bond donors (Lipinski definition) is 1. The largest absolute Gasteiger partial charge is 0.389 e. The molecule has 0 aromatic carbocycles. The maximum Gasteiger partial charge on any atom is 0.389 e. The lowest BCUT2D eigenvalue weighted by molar-refractivity contribution is -0.134. The molecule has 1 saturated heterocycles. The maximum atomic E-state index is 12.5. The van der Waals surface area contributed by atoms with Gasteiger partial charge in [-0.2, -0.15) is 13.2 Å². The highest BCUT2D eigenvalue weighted by atomic mass is 19.4. The molecule has 2 rings (SSSR count). The number of hydrogen-bond acceptors (Lipinski definition) is 3. The Balaban J connectivity index is 2.16. The normalized spacial score (nSPS) is 17.6. The molecule has 0 saturated carbocycles. The van der Waals surface area contributed by atoms with Crippen molar-refractivity contribution in [1.82, 2.24) is 19.8 Å². The van der Waals surface area contributed by atoms with Gasteiger partial charge in [-0.1, -0.05) is 0 Å². The molecule has 21 heavy (non-hydrogen) atoms. The summed E-state index contributed by atoms with van der Waals surface area (Å²) in [5.74, 6) is 0.566. The third-order valence-electron chi connectivity index (χ3n) is 3.67. The van der Waals surface area contributed by atoms with Gasteiger partial charge in [0.05, 0.1) is 12.1 Å². The molecule has 4 nitrogen and oxygen atoms in total. The van der Waals surface area contributed by atoms with E-state index in [1.165, 1.54) is 0 Å². The lowest BCUT2D eigenvalue weighted by Crippen LogP contribution is -2.30. The fourth-order valence-corrected chi connectivity index (χ4v) is 2.73. The van der Waals surface area contributed by atoms with Crippen LogP contribution in [0.2, 0.25) is 0 Å². The first-order chi connectivity index (χ1) is 9.85. The van der Waals surface area contributed by atoms with Crippen molar-refractivity contribution in [2.45, 2.75) is 44.4 Å². The average Bonchev–Trinajstić information content (AvgIpc) is 2.79. The Hall–Kier alpha value is -1.08. The number of nitrogens with zero attached hydrogens (tertiary/aromatic N) is 3. The van der Waals surface area contributed by atoms with Crippen molar-refractivity contribution < 1.29 is 13.2 Å². The van der Waals surface area contributed by atoms with Crippen LogP contribution in [0.5, 0.6) is 0 Å². The van der Waals surface area contributed by atoms with Gasteiger partial charge in [0.15, 0.2) is 0 Å². The van der Waals surface area contributed by atoms with Crippen LogP contribution in [0.15, 0.2) is 6.20 Å². The minimum atomic E-state index is -4.13. The molecule has 0 atom stereocenters. The Morgan fingerprint density at radius 2 is 2.00 bits per heavy atom. The monoisotopic (exact) mass is 304 g/mol. The summed E-state index contributed by atoms with van der Waals surface area (Å²) in [5.41, 5.74) is 0.843. The van der Waals surface area contributed by atoms with Crippen LogP contribution in [0.3, 0.4) is 0 Å². The van der Waals surface area contributed by atoms with Gasteiger partial charge in [0.2, 0.25) is 0 Å². The van der Waals surface area contributed by atoms with Crippen molar-refractivity contribution in [3.8, 4) is 0 Å². The zero-order valence-electron chi connectivity index (χ0n) is 12.6. The van der Waals surface area contributed by atoms with E-state index in [-0.39, 0.29) is 12.5 Å². The van der Waals surface area contributed by atoms with Gasteiger partial charge in [-0.15, -0.1) is 0 Å². The van der Waals surface area contributed by atoms with Crippen molar-refractivity contribution in [2.24, 2.45) is 0 Å². The summed E-state index contributed by atoms with van der Waals surface area (Å²) in [5, 5.41) is 3.28. The standard InChI is InChI=1S/C14H23F3N4/c1-20(2)9-11-10-21(12-4-7-18-8-5-12)13(19-11)3-6-14(15,16)17/h10,12,18H,3-9H2,1-2H3. The first-order valence-electron chi connectivity index (χ1n) is 7.34. The smallest absolute Gasteiger partial charge is 0.331 e. The van der Waals surface area contributed by atoms with Crippen molar-refractivity contribution in [3.63, 3.8) is 0 Å². The number of rotatable bonds is 5. The first kappa shape index (κ1) is 16.3. The summed E-state index contributed by atoms with van der Waals surface area (Å²) < 4.78 is 39.4. The molecular formula is C14H23F3N4. The van der Waals surface area contributed by atoms with Crippen LogP contribution in [-0.4, -0.2) is 47.8 Å². The van der Waals surface area contributed by atoms with Crippen LogP contribution in [0.4, 0.5) is 13.2 Å². The molecule has 1 aromatic rings. The lowest BCUT2D eigenvalue weighted by atomic mass is 10.1. The van der Waals surface area contributed by atoms with E-state index in [0.29, 0.717) is 12.4 Å². The Kier molecular flexibility index (Phi) is 5.27. The molecule has 0 unspecified atom stereocenters. The second-order valence-corrected chi connectivity index (χ2v) is 5.89. The predicted octanol–water partition coefficient (Wildman–Crippen LogP) is 2.36. The Bertz CT molecular complexity index is 448. The third-order valence-corrected chi connectivity index (χ3v) is 3.67. The molecule has 120 valence electrons. The highest BCUT2D eigenvalue weighted by Crippen LogP contribution is 2.26. The summed E-state index contributed by atoms with van der Waals surface area (Å²) in [6.45, 7) is 2.46. The number of imidazole rings is 1. The average molecular weight is 304 g/mol. The van der Waals surface area contributed by atoms with Crippen molar-refractivity contribution in [3.05, 3.63) is 17.7 Å². The van der Waals surface area contributed by atoms with Gasteiger partial charge in [-0.05, 0) is 40.0 Å². The van der Waals surface area contributed by atoms with Gasteiger partial charge in [0.25, 0.3) is 0 Å². The highest BCUT2D eigenvalue weighted by molar-refractivity contribution is 5.07. The van der Waals surface area contributed by atoms with Gasteiger partial charge in [0.1, 0.15) is 5.82 Å². The molecule has 1 aliphatic heterocycles. The molecule has 0 amide bonds. The van der Waals surface area contributed by atoms with E-state index >= 15 is 0 Å². The fourth-order valence-electron chi connectivity index (χ4n) is 2.73. The Morgan fingerprint density at radius 1 is 1.33 bits per heavy atom. The molecule has 7 heteroatoms. The predicted molar refractivity (Wildman–Crippen MR) is 75.1 cm³/mol. The molecule has 0 aliphatic carbocycles. The zero-order chi connectivity index (χ0) is 15.5. The molecule has 0 radical (unpaired) electrons. The van der Waals surface area contributed by atoms with E-state index < -0.39 is 12.6 Å². The number of piperidine rings is 1. The summed E-state index contributed by atoms with van der Waals surface area (Å²) in [7, 11) is 3.86. The van der Waals surface area contributed by atoms with Gasteiger partial charge < -0.3 is 14.8 Å².